The highest BCUT2D eigenvalue weighted by atomic mass is 16.5. The number of carbonyl (C=O) groups excluding carboxylic acids is 2. The first kappa shape index (κ1) is 20.6. The molecule has 0 aliphatic heterocycles. The lowest BCUT2D eigenvalue weighted by atomic mass is 10.1. The number of carbonyl (C=O) groups is 2. The summed E-state index contributed by atoms with van der Waals surface area (Å²) < 4.78 is 10.7. The van der Waals surface area contributed by atoms with Crippen LogP contribution in [-0.4, -0.2) is 36.6 Å². The van der Waals surface area contributed by atoms with Gasteiger partial charge in [-0.3, -0.25) is 4.79 Å². The Morgan fingerprint density at radius 2 is 1.89 bits per heavy atom. The quantitative estimate of drug-likeness (QED) is 0.540. The summed E-state index contributed by atoms with van der Waals surface area (Å²) in [5, 5.41) is 2.82. The van der Waals surface area contributed by atoms with Gasteiger partial charge in [-0.1, -0.05) is 30.3 Å². The lowest BCUT2D eigenvalue weighted by Crippen LogP contribution is -2.26. The number of esters is 1. The van der Waals surface area contributed by atoms with E-state index in [-0.39, 0.29) is 17.7 Å². The molecule has 6 heteroatoms. The molecular weight excluding hydrogens is 344 g/mol. The van der Waals surface area contributed by atoms with E-state index in [1.54, 1.807) is 19.9 Å². The summed E-state index contributed by atoms with van der Waals surface area (Å²) in [5.74, 6) is -0.705. The molecule has 0 saturated carbocycles. The number of aromatic nitrogens is 1. The molecule has 27 heavy (non-hydrogen) atoms. The first-order valence-corrected chi connectivity index (χ1v) is 9.12. The van der Waals surface area contributed by atoms with Crippen LogP contribution in [0, 0.1) is 6.92 Å². The Hall–Kier alpha value is -2.73. The van der Waals surface area contributed by atoms with Gasteiger partial charge in [-0.25, -0.2) is 9.78 Å². The lowest BCUT2D eigenvalue weighted by Gasteiger charge is -2.13. The van der Waals surface area contributed by atoms with Crippen molar-refractivity contribution in [1.82, 2.24) is 10.3 Å². The van der Waals surface area contributed by atoms with Gasteiger partial charge in [-0.2, -0.15) is 0 Å². The predicted octanol–water partition coefficient (Wildman–Crippen LogP) is 3.46. The molecule has 0 aliphatic carbocycles. The minimum atomic E-state index is -0.431. The molecule has 1 amide bonds. The molecule has 1 N–H and O–H groups in total. The van der Waals surface area contributed by atoms with Crippen LogP contribution in [0.3, 0.4) is 0 Å². The van der Waals surface area contributed by atoms with Crippen LogP contribution in [0.2, 0.25) is 0 Å². The largest absolute Gasteiger partial charge is 0.462 e. The van der Waals surface area contributed by atoms with Crippen molar-refractivity contribution in [2.75, 3.05) is 19.8 Å². The van der Waals surface area contributed by atoms with E-state index in [4.69, 9.17) is 9.47 Å². The Labute approximate surface area is 159 Å². The average Bonchev–Trinajstić information content (AvgIpc) is 2.68. The maximum atomic E-state index is 12.2. The minimum Gasteiger partial charge on any atom is -0.462 e. The van der Waals surface area contributed by atoms with Crippen molar-refractivity contribution < 1.29 is 19.1 Å². The fraction of sp³-hybridized carbons (Fsp3) is 0.381. The number of benzene rings is 1. The minimum absolute atomic E-state index is 0.0154. The molecule has 1 atom stereocenters. The summed E-state index contributed by atoms with van der Waals surface area (Å²) in [7, 11) is 0. The molecule has 1 unspecified atom stereocenters. The van der Waals surface area contributed by atoms with E-state index in [2.05, 4.69) is 10.3 Å². The molecule has 1 heterocycles. The topological polar surface area (TPSA) is 77.5 Å². The number of aryl methyl sites for hydroxylation is 1. The Kier molecular flexibility index (Phi) is 7.95. The number of amides is 1. The van der Waals surface area contributed by atoms with Crippen molar-refractivity contribution in [2.24, 2.45) is 0 Å². The van der Waals surface area contributed by atoms with E-state index in [0.717, 1.165) is 5.56 Å². The van der Waals surface area contributed by atoms with E-state index in [9.17, 15) is 9.59 Å². The Morgan fingerprint density at radius 1 is 1.15 bits per heavy atom. The van der Waals surface area contributed by atoms with Crippen LogP contribution >= 0.6 is 0 Å². The molecule has 6 nitrogen and oxygen atoms in total. The fourth-order valence-corrected chi connectivity index (χ4v) is 2.56. The Morgan fingerprint density at radius 3 is 2.56 bits per heavy atom. The molecule has 0 bridgehead atoms. The predicted molar refractivity (Wildman–Crippen MR) is 103 cm³/mol. The third kappa shape index (κ3) is 6.18. The Bertz CT molecular complexity index is 762. The second-order valence-electron chi connectivity index (χ2n) is 6.08. The van der Waals surface area contributed by atoms with Crippen LogP contribution in [0.5, 0.6) is 0 Å². The molecule has 144 valence electrons. The van der Waals surface area contributed by atoms with Crippen molar-refractivity contribution in [3.8, 4) is 0 Å². The number of nitrogens with one attached hydrogen (secondary N) is 1. The van der Waals surface area contributed by atoms with Crippen LogP contribution in [0.1, 0.15) is 58.5 Å². The third-order valence-corrected chi connectivity index (χ3v) is 4.06. The lowest BCUT2D eigenvalue weighted by molar-refractivity contribution is 0.0524. The van der Waals surface area contributed by atoms with Gasteiger partial charge in [0.1, 0.15) is 5.69 Å². The molecule has 2 aromatic rings. The SMILES string of the molecule is CCOC(=O)c1ccc(C(=O)NCCCOC(C)c2ccccc2)nc1C. The van der Waals surface area contributed by atoms with Crippen LogP contribution in [0.25, 0.3) is 0 Å². The maximum Gasteiger partial charge on any atom is 0.339 e. The van der Waals surface area contributed by atoms with Crippen molar-refractivity contribution >= 4 is 11.9 Å². The maximum absolute atomic E-state index is 12.2. The summed E-state index contributed by atoms with van der Waals surface area (Å²) in [4.78, 5) is 28.2. The summed E-state index contributed by atoms with van der Waals surface area (Å²) in [6.07, 6.45) is 0.713. The van der Waals surface area contributed by atoms with Crippen LogP contribution in [0.15, 0.2) is 42.5 Å². The van der Waals surface area contributed by atoms with Gasteiger partial charge < -0.3 is 14.8 Å². The second kappa shape index (κ2) is 10.4. The van der Waals surface area contributed by atoms with Gasteiger partial charge in [-0.05, 0) is 44.9 Å². The van der Waals surface area contributed by atoms with E-state index in [0.29, 0.717) is 37.4 Å². The second-order valence-corrected chi connectivity index (χ2v) is 6.08. The number of rotatable bonds is 9. The number of hydrogen-bond donors (Lipinski definition) is 1. The van der Waals surface area contributed by atoms with Crippen LogP contribution in [-0.2, 0) is 9.47 Å². The molecule has 0 saturated heterocycles. The van der Waals surface area contributed by atoms with Gasteiger partial charge in [0.2, 0.25) is 0 Å². The monoisotopic (exact) mass is 370 g/mol. The average molecular weight is 370 g/mol. The smallest absolute Gasteiger partial charge is 0.339 e. The van der Waals surface area contributed by atoms with Crippen molar-refractivity contribution in [3.63, 3.8) is 0 Å². The van der Waals surface area contributed by atoms with Gasteiger partial charge in [-0.15, -0.1) is 0 Å². The number of pyridine rings is 1. The summed E-state index contributed by atoms with van der Waals surface area (Å²) >= 11 is 0. The zero-order chi connectivity index (χ0) is 19.6. The standard InChI is InChI=1S/C21H26N2O4/c1-4-26-21(25)18-11-12-19(23-15(18)2)20(24)22-13-8-14-27-16(3)17-9-6-5-7-10-17/h5-7,9-12,16H,4,8,13-14H2,1-3H3,(H,22,24). The van der Waals surface area contributed by atoms with Crippen LogP contribution in [0.4, 0.5) is 0 Å². The van der Waals surface area contributed by atoms with E-state index >= 15 is 0 Å². The highest BCUT2D eigenvalue weighted by Gasteiger charge is 2.14. The van der Waals surface area contributed by atoms with E-state index in [1.807, 2.05) is 37.3 Å². The zero-order valence-corrected chi connectivity index (χ0v) is 16.0. The molecule has 0 radical (unpaired) electrons. The molecular formula is C21H26N2O4. The van der Waals surface area contributed by atoms with Crippen molar-refractivity contribution in [1.29, 1.82) is 0 Å². The molecule has 0 spiro atoms. The summed E-state index contributed by atoms with van der Waals surface area (Å²) in [6.45, 7) is 6.76. The van der Waals surface area contributed by atoms with Crippen molar-refractivity contribution in [2.45, 2.75) is 33.3 Å². The molecule has 0 fully saturated rings. The van der Waals surface area contributed by atoms with Gasteiger partial charge in [0.15, 0.2) is 0 Å². The van der Waals surface area contributed by atoms with Gasteiger partial charge in [0.25, 0.3) is 5.91 Å². The van der Waals surface area contributed by atoms with E-state index < -0.39 is 5.97 Å². The molecule has 1 aromatic heterocycles. The van der Waals surface area contributed by atoms with Crippen molar-refractivity contribution in [3.05, 3.63) is 65.0 Å². The summed E-state index contributed by atoms with van der Waals surface area (Å²) in [5.41, 5.74) is 2.25. The summed E-state index contributed by atoms with van der Waals surface area (Å²) in [6, 6.07) is 13.1. The van der Waals surface area contributed by atoms with Gasteiger partial charge in [0.05, 0.1) is 24.0 Å². The van der Waals surface area contributed by atoms with Gasteiger partial charge in [0, 0.05) is 13.2 Å². The molecule has 0 aliphatic rings. The highest BCUT2D eigenvalue weighted by Crippen LogP contribution is 2.15. The normalized spacial score (nSPS) is 11.7. The van der Waals surface area contributed by atoms with E-state index in [1.165, 1.54) is 6.07 Å². The first-order chi connectivity index (χ1) is 13.0. The molecule has 2 rings (SSSR count). The number of hydrogen-bond acceptors (Lipinski definition) is 5. The first-order valence-electron chi connectivity index (χ1n) is 9.12. The fourth-order valence-electron chi connectivity index (χ4n) is 2.56. The number of nitrogens with zero attached hydrogens (tertiary/aromatic N) is 1. The zero-order valence-electron chi connectivity index (χ0n) is 16.0. The highest BCUT2D eigenvalue weighted by molar-refractivity contribution is 5.94. The molecule has 1 aromatic carbocycles. The Balaban J connectivity index is 1.75. The third-order valence-electron chi connectivity index (χ3n) is 4.06. The number of ether oxygens (including phenoxy) is 2. The van der Waals surface area contributed by atoms with Gasteiger partial charge >= 0.3 is 5.97 Å². The van der Waals surface area contributed by atoms with Crippen LogP contribution < -0.4 is 5.32 Å².